The highest BCUT2D eigenvalue weighted by atomic mass is 16.6. The van der Waals surface area contributed by atoms with Crippen LogP contribution in [0.1, 0.15) is 84.0 Å². The van der Waals surface area contributed by atoms with E-state index in [0.29, 0.717) is 6.42 Å². The Morgan fingerprint density at radius 2 is 1.39 bits per heavy atom. The zero-order valence-corrected chi connectivity index (χ0v) is 15.0. The van der Waals surface area contributed by atoms with Crippen molar-refractivity contribution in [3.8, 4) is 0 Å². The molecule has 0 unspecified atom stereocenters. The third kappa shape index (κ3) is 26.1. The largest absolute Gasteiger partial charge is 0.481 e. The van der Waals surface area contributed by atoms with Crippen LogP contribution in [0.4, 0.5) is 0 Å². The summed E-state index contributed by atoms with van der Waals surface area (Å²) >= 11 is 0. The number of ether oxygens (including phenoxy) is 1. The first-order valence-electron chi connectivity index (χ1n) is 9.37. The van der Waals surface area contributed by atoms with Crippen molar-refractivity contribution in [2.45, 2.75) is 84.0 Å². The van der Waals surface area contributed by atoms with Crippen LogP contribution in [0, 0.1) is 0 Å². The molecule has 1 heterocycles. The number of carbonyl (C=O) groups is 1. The van der Waals surface area contributed by atoms with E-state index < -0.39 is 5.97 Å². The molecule has 0 aromatic rings. The van der Waals surface area contributed by atoms with Crippen LogP contribution in [0.25, 0.3) is 0 Å². The Morgan fingerprint density at radius 3 is 1.91 bits per heavy atom. The summed E-state index contributed by atoms with van der Waals surface area (Å²) in [5.74, 6) is -0.671. The summed E-state index contributed by atoms with van der Waals surface area (Å²) in [5, 5.41) is 8.50. The third-order valence-corrected chi connectivity index (χ3v) is 3.55. The number of allylic oxidation sites excluding steroid dienone is 4. The fraction of sp³-hybridized carbons (Fsp3) is 0.750. The molecule has 0 aromatic carbocycles. The monoisotopic (exact) mass is 324 g/mol. The van der Waals surface area contributed by atoms with Crippen molar-refractivity contribution in [1.82, 2.24) is 0 Å². The van der Waals surface area contributed by atoms with E-state index >= 15 is 0 Å². The lowest BCUT2D eigenvalue weighted by Gasteiger charge is -1.98. The van der Waals surface area contributed by atoms with Crippen molar-refractivity contribution in [1.29, 1.82) is 0 Å². The molecule has 0 amide bonds. The summed E-state index contributed by atoms with van der Waals surface area (Å²) in [6.45, 7) is 4.23. The molecule has 0 radical (unpaired) electrons. The molecule has 1 rings (SSSR count). The lowest BCUT2D eigenvalue weighted by Crippen LogP contribution is -1.93. The number of aliphatic carboxylic acids is 1. The van der Waals surface area contributed by atoms with Gasteiger partial charge in [-0.15, -0.1) is 0 Å². The summed E-state index contributed by atoms with van der Waals surface area (Å²) in [7, 11) is 0. The van der Waals surface area contributed by atoms with Gasteiger partial charge >= 0.3 is 5.97 Å². The highest BCUT2D eigenvalue weighted by molar-refractivity contribution is 5.66. The molecule has 1 fully saturated rings. The number of rotatable bonds is 14. The Kier molecular flexibility index (Phi) is 18.1. The number of unbranched alkanes of at least 4 members (excludes halogenated alkanes) is 8. The summed E-state index contributed by atoms with van der Waals surface area (Å²) in [4.78, 5) is 10.3. The molecule has 3 heteroatoms. The number of hydrogen-bond acceptors (Lipinski definition) is 2. The Balaban J connectivity index is 0.00000143. The summed E-state index contributed by atoms with van der Waals surface area (Å²) in [6, 6.07) is 0. The lowest BCUT2D eigenvalue weighted by atomic mass is 10.1. The van der Waals surface area contributed by atoms with E-state index in [4.69, 9.17) is 5.11 Å². The zero-order valence-electron chi connectivity index (χ0n) is 15.0. The maximum Gasteiger partial charge on any atom is 0.303 e. The molecule has 134 valence electrons. The maximum atomic E-state index is 10.3. The highest BCUT2D eigenvalue weighted by Gasteiger charge is 1.95. The standard InChI is InChI=1S/C18H32O2.C2H4O/c1-2-3-4-5-6-7-8-9-10-11-12-13-14-15-16-17-18(19)20;1-2-3-1/h6-7,9-10H,2-5,8,11-17H2,1H3,(H,19,20);1-2H2/b7-6-,10-9-;. The van der Waals surface area contributed by atoms with Gasteiger partial charge in [-0.2, -0.15) is 0 Å². The topological polar surface area (TPSA) is 49.8 Å². The molecular formula is C20H36O3. The van der Waals surface area contributed by atoms with Crippen molar-refractivity contribution < 1.29 is 14.6 Å². The van der Waals surface area contributed by atoms with Crippen molar-refractivity contribution in [2.24, 2.45) is 0 Å². The molecule has 1 aliphatic rings. The van der Waals surface area contributed by atoms with E-state index in [2.05, 4.69) is 36.0 Å². The molecule has 23 heavy (non-hydrogen) atoms. The van der Waals surface area contributed by atoms with E-state index in [1.165, 1.54) is 44.9 Å². The first kappa shape index (κ1) is 21.9. The predicted molar refractivity (Wildman–Crippen MR) is 97.8 cm³/mol. The molecule has 0 saturated carbocycles. The van der Waals surface area contributed by atoms with E-state index in [1.54, 1.807) is 0 Å². The van der Waals surface area contributed by atoms with Gasteiger partial charge in [0.25, 0.3) is 0 Å². The summed E-state index contributed by atoms with van der Waals surface area (Å²) in [6.07, 6.45) is 22.3. The van der Waals surface area contributed by atoms with Gasteiger partial charge in [-0.1, -0.05) is 63.3 Å². The second kappa shape index (κ2) is 19.0. The number of epoxide rings is 1. The molecule has 1 saturated heterocycles. The normalized spacial score (nSPS) is 13.3. The van der Waals surface area contributed by atoms with Crippen LogP contribution in [0.15, 0.2) is 24.3 Å². The number of carboxylic acids is 1. The van der Waals surface area contributed by atoms with Crippen LogP contribution in [-0.2, 0) is 9.53 Å². The quantitative estimate of drug-likeness (QED) is 0.246. The Morgan fingerprint density at radius 1 is 0.870 bits per heavy atom. The Labute approximate surface area is 142 Å². The summed E-state index contributed by atoms with van der Waals surface area (Å²) in [5.41, 5.74) is 0. The first-order valence-corrected chi connectivity index (χ1v) is 9.37. The van der Waals surface area contributed by atoms with Gasteiger partial charge in [0.1, 0.15) is 0 Å². The van der Waals surface area contributed by atoms with Crippen LogP contribution in [-0.4, -0.2) is 24.3 Å². The minimum atomic E-state index is -0.671. The van der Waals surface area contributed by atoms with E-state index in [0.717, 1.165) is 38.9 Å². The fourth-order valence-corrected chi connectivity index (χ4v) is 2.09. The van der Waals surface area contributed by atoms with E-state index in [1.807, 2.05) is 0 Å². The lowest BCUT2D eigenvalue weighted by molar-refractivity contribution is -0.137. The first-order chi connectivity index (χ1) is 11.3. The van der Waals surface area contributed by atoms with Crippen molar-refractivity contribution in [3.63, 3.8) is 0 Å². The van der Waals surface area contributed by atoms with Crippen molar-refractivity contribution >= 4 is 5.97 Å². The molecule has 0 aromatic heterocycles. The molecule has 0 spiro atoms. The third-order valence-electron chi connectivity index (χ3n) is 3.55. The van der Waals surface area contributed by atoms with Gasteiger partial charge in [-0.05, 0) is 38.5 Å². The number of carboxylic acid groups (broad SMARTS) is 1. The average Bonchev–Trinajstić information content (AvgIpc) is 3.39. The van der Waals surface area contributed by atoms with Gasteiger partial charge in [0, 0.05) is 6.42 Å². The van der Waals surface area contributed by atoms with Gasteiger partial charge in [0.15, 0.2) is 0 Å². The van der Waals surface area contributed by atoms with E-state index in [-0.39, 0.29) is 0 Å². The van der Waals surface area contributed by atoms with Gasteiger partial charge in [0.05, 0.1) is 13.2 Å². The maximum absolute atomic E-state index is 10.3. The number of hydrogen-bond donors (Lipinski definition) is 1. The second-order valence-electron chi connectivity index (χ2n) is 5.99. The SMILES string of the molecule is C1CO1.CCCCC/C=C\C/C=C\CCCCCCCC(=O)O. The van der Waals surface area contributed by atoms with Crippen LogP contribution in [0.3, 0.4) is 0 Å². The summed E-state index contributed by atoms with van der Waals surface area (Å²) < 4.78 is 4.50. The smallest absolute Gasteiger partial charge is 0.303 e. The van der Waals surface area contributed by atoms with Gasteiger partial charge in [-0.3, -0.25) is 4.79 Å². The van der Waals surface area contributed by atoms with Crippen LogP contribution >= 0.6 is 0 Å². The van der Waals surface area contributed by atoms with Gasteiger partial charge < -0.3 is 9.84 Å². The molecule has 1 aliphatic heterocycles. The molecule has 0 bridgehead atoms. The Hall–Kier alpha value is -1.09. The van der Waals surface area contributed by atoms with Crippen molar-refractivity contribution in [2.75, 3.05) is 13.2 Å². The molecule has 1 N–H and O–H groups in total. The second-order valence-corrected chi connectivity index (χ2v) is 5.99. The van der Waals surface area contributed by atoms with Crippen molar-refractivity contribution in [3.05, 3.63) is 24.3 Å². The minimum Gasteiger partial charge on any atom is -0.481 e. The van der Waals surface area contributed by atoms with E-state index in [9.17, 15) is 4.79 Å². The van der Waals surface area contributed by atoms with Crippen LogP contribution in [0.2, 0.25) is 0 Å². The molecule has 3 nitrogen and oxygen atoms in total. The average molecular weight is 325 g/mol. The van der Waals surface area contributed by atoms with Crippen LogP contribution < -0.4 is 0 Å². The molecule has 0 atom stereocenters. The van der Waals surface area contributed by atoms with Gasteiger partial charge in [0.2, 0.25) is 0 Å². The van der Waals surface area contributed by atoms with Gasteiger partial charge in [-0.25, -0.2) is 0 Å². The fourth-order valence-electron chi connectivity index (χ4n) is 2.09. The minimum absolute atomic E-state index is 0.324. The molecule has 0 aliphatic carbocycles. The Bertz CT molecular complexity index is 303. The zero-order chi connectivity index (χ0) is 17.0. The highest BCUT2D eigenvalue weighted by Crippen LogP contribution is 2.08. The predicted octanol–water partition coefficient (Wildman–Crippen LogP) is 5.90. The molecular weight excluding hydrogens is 288 g/mol. The van der Waals surface area contributed by atoms with Crippen LogP contribution in [0.5, 0.6) is 0 Å².